The van der Waals surface area contributed by atoms with Gasteiger partial charge in [-0.3, -0.25) is 0 Å². The minimum absolute atomic E-state index is 0.0379. The molecule has 1 aliphatic carbocycles. The topological polar surface area (TPSA) is 77.6 Å². The smallest absolute Gasteiger partial charge is 0.378 e. The van der Waals surface area contributed by atoms with E-state index in [0.717, 1.165) is 47.8 Å². The lowest BCUT2D eigenvalue weighted by Gasteiger charge is -2.31. The summed E-state index contributed by atoms with van der Waals surface area (Å²) in [4.78, 5) is 28.2. The molecule has 0 N–H and O–H groups in total. The number of benzene rings is 3. The Morgan fingerprint density at radius 1 is 0.923 bits per heavy atom. The highest BCUT2D eigenvalue weighted by Gasteiger charge is 2.34. The summed E-state index contributed by atoms with van der Waals surface area (Å²) in [7, 11) is 4.08. The Balaban J connectivity index is 0.000000253. The molecule has 0 saturated heterocycles. The first-order valence-corrected chi connectivity index (χ1v) is 17.2. The van der Waals surface area contributed by atoms with Gasteiger partial charge in [0.15, 0.2) is 0 Å². The molecule has 52 heavy (non-hydrogen) atoms. The standard InChI is InChI=1S/C27H28N2O2.C17H16N4/c1-27(2)17-20(11-10-19-12-14-23(15-13-19)29(3)4)16-22(18-27)24-25(28-31-26(24)30)21-8-6-5-7-9-21;1-5-21(6-2)12-11-16(13-18)14-7-9-15(10-8-14)17(19-3)20-4/h5-16H,17-18H2,1-4H3;7-12H,5-6H2,1-2H3/b11-10+,24-22-;. The van der Waals surface area contributed by atoms with Gasteiger partial charge in [0.25, 0.3) is 0 Å². The second-order valence-corrected chi connectivity index (χ2v) is 13.3. The molecule has 0 spiro atoms. The van der Waals surface area contributed by atoms with Gasteiger partial charge in [0.05, 0.1) is 22.4 Å². The Kier molecular flexibility index (Phi) is 13.3. The molecule has 262 valence electrons. The number of nitriles is 1. The Bertz CT molecular complexity index is 2140. The zero-order valence-electron chi connectivity index (χ0n) is 30.7. The summed E-state index contributed by atoms with van der Waals surface area (Å²) in [6.45, 7) is 24.2. The Morgan fingerprint density at radius 2 is 1.56 bits per heavy atom. The molecule has 1 heterocycles. The van der Waals surface area contributed by atoms with Crippen LogP contribution < -0.4 is 15.3 Å². The Hall–Kier alpha value is -6.43. The zero-order chi connectivity index (χ0) is 37.7. The molecule has 8 nitrogen and oxygen atoms in total. The highest BCUT2D eigenvalue weighted by molar-refractivity contribution is 6.29. The summed E-state index contributed by atoms with van der Waals surface area (Å²) in [6, 6.07) is 27.3. The normalized spacial score (nSPS) is 16.0. The summed E-state index contributed by atoms with van der Waals surface area (Å²) < 4.78 is 0. The monoisotopic (exact) mass is 688 g/mol. The number of hydrogen-bond acceptors (Lipinski definition) is 6. The summed E-state index contributed by atoms with van der Waals surface area (Å²) in [5.41, 5.74) is 7.21. The van der Waals surface area contributed by atoms with E-state index in [1.165, 1.54) is 11.3 Å². The van der Waals surface area contributed by atoms with E-state index in [9.17, 15) is 10.1 Å². The first-order valence-electron chi connectivity index (χ1n) is 17.2. The number of hydrogen-bond donors (Lipinski definition) is 0. The van der Waals surface area contributed by atoms with E-state index in [2.05, 4.69) is 101 Å². The average molecular weight is 689 g/mol. The van der Waals surface area contributed by atoms with E-state index in [4.69, 9.17) is 18.0 Å². The zero-order valence-corrected chi connectivity index (χ0v) is 30.7. The fourth-order valence-electron chi connectivity index (χ4n) is 5.93. The molecule has 1 aliphatic heterocycles. The van der Waals surface area contributed by atoms with Crippen LogP contribution in [0.25, 0.3) is 27.2 Å². The Labute approximate surface area is 307 Å². The first kappa shape index (κ1) is 38.4. The molecule has 0 radical (unpaired) electrons. The first-order chi connectivity index (χ1) is 25.0. The Morgan fingerprint density at radius 3 is 2.13 bits per heavy atom. The number of anilines is 1. The number of allylic oxidation sites excluding steroid dienone is 5. The predicted molar refractivity (Wildman–Crippen MR) is 210 cm³/mol. The van der Waals surface area contributed by atoms with Crippen molar-refractivity contribution >= 4 is 34.8 Å². The number of rotatable bonds is 8. The molecular formula is C44H44N6O2. The summed E-state index contributed by atoms with van der Waals surface area (Å²) in [6.07, 6.45) is 11.9. The third-order valence-corrected chi connectivity index (χ3v) is 8.69. The maximum atomic E-state index is 12.6. The summed E-state index contributed by atoms with van der Waals surface area (Å²) >= 11 is 0. The second kappa shape index (κ2) is 18.0. The number of oxime groups is 1. The van der Waals surface area contributed by atoms with Crippen LogP contribution in [0.5, 0.6) is 0 Å². The van der Waals surface area contributed by atoms with E-state index in [1.807, 2.05) is 50.6 Å². The van der Waals surface area contributed by atoms with Crippen molar-refractivity contribution in [2.75, 3.05) is 32.1 Å². The van der Waals surface area contributed by atoms with Crippen molar-refractivity contribution in [3.63, 3.8) is 0 Å². The van der Waals surface area contributed by atoms with E-state index >= 15 is 0 Å². The van der Waals surface area contributed by atoms with Gasteiger partial charge in [-0.15, -0.1) is 0 Å². The molecular weight excluding hydrogens is 645 g/mol. The van der Waals surface area contributed by atoms with Gasteiger partial charge in [-0.05, 0) is 72.2 Å². The lowest BCUT2D eigenvalue weighted by atomic mass is 9.73. The van der Waals surface area contributed by atoms with Crippen molar-refractivity contribution < 1.29 is 9.63 Å². The number of carbonyl (C=O) groups is 1. The van der Waals surface area contributed by atoms with E-state index in [1.54, 1.807) is 30.3 Å². The third kappa shape index (κ3) is 10.1. The van der Waals surface area contributed by atoms with Crippen molar-refractivity contribution in [3.8, 4) is 6.07 Å². The second-order valence-electron chi connectivity index (χ2n) is 13.3. The quantitative estimate of drug-likeness (QED) is 0.137. The fourth-order valence-corrected chi connectivity index (χ4v) is 5.93. The van der Waals surface area contributed by atoms with Crippen molar-refractivity contribution in [3.05, 3.63) is 164 Å². The molecule has 5 rings (SSSR count). The van der Waals surface area contributed by atoms with E-state index in [0.29, 0.717) is 22.1 Å². The van der Waals surface area contributed by atoms with Crippen LogP contribution in [0.2, 0.25) is 0 Å². The lowest BCUT2D eigenvalue weighted by molar-refractivity contribution is -0.136. The van der Waals surface area contributed by atoms with Crippen molar-refractivity contribution in [1.29, 1.82) is 5.26 Å². The van der Waals surface area contributed by atoms with Crippen LogP contribution >= 0.6 is 0 Å². The van der Waals surface area contributed by atoms with Crippen LogP contribution in [0.1, 0.15) is 51.7 Å². The molecule has 3 aromatic rings. The third-order valence-electron chi connectivity index (χ3n) is 8.69. The highest BCUT2D eigenvalue weighted by atomic mass is 16.7. The van der Waals surface area contributed by atoms with Crippen molar-refractivity contribution in [2.45, 2.75) is 40.5 Å². The molecule has 0 atom stereocenters. The van der Waals surface area contributed by atoms with E-state index in [-0.39, 0.29) is 17.2 Å². The highest BCUT2D eigenvalue weighted by Crippen LogP contribution is 2.41. The maximum Gasteiger partial charge on any atom is 0.526 e. The van der Waals surface area contributed by atoms with Crippen LogP contribution in [0.4, 0.5) is 5.69 Å². The van der Waals surface area contributed by atoms with Gasteiger partial charge in [-0.1, -0.05) is 104 Å². The van der Waals surface area contributed by atoms with Crippen molar-refractivity contribution in [1.82, 2.24) is 4.90 Å². The molecule has 3 aromatic carbocycles. The summed E-state index contributed by atoms with van der Waals surface area (Å²) in [5, 5.41) is 14.7. The molecule has 2 aliphatic rings. The molecule has 0 saturated carbocycles. The van der Waals surface area contributed by atoms with Crippen LogP contribution in [0, 0.1) is 29.9 Å². The molecule has 0 aromatic heterocycles. The van der Waals surface area contributed by atoms with Gasteiger partial charge in [0.2, 0.25) is 0 Å². The van der Waals surface area contributed by atoms with Gasteiger partial charge in [0, 0.05) is 44.6 Å². The van der Waals surface area contributed by atoms with Crippen LogP contribution in [0.15, 0.2) is 125 Å². The van der Waals surface area contributed by atoms with Crippen LogP contribution in [0.3, 0.4) is 0 Å². The van der Waals surface area contributed by atoms with Crippen molar-refractivity contribution in [2.24, 2.45) is 10.6 Å². The van der Waals surface area contributed by atoms with Gasteiger partial charge in [0.1, 0.15) is 18.9 Å². The minimum atomic E-state index is -0.370. The largest absolute Gasteiger partial charge is 0.526 e. The molecule has 0 bridgehead atoms. The summed E-state index contributed by atoms with van der Waals surface area (Å²) in [5.74, 6) is -0.329. The molecule has 0 unspecified atom stereocenters. The van der Waals surface area contributed by atoms with Gasteiger partial charge < -0.3 is 14.6 Å². The fraction of sp³-hybridized carbons (Fsp3) is 0.250. The average Bonchev–Trinajstić information content (AvgIpc) is 3.55. The van der Waals surface area contributed by atoms with E-state index < -0.39 is 0 Å². The van der Waals surface area contributed by atoms with Crippen LogP contribution in [-0.4, -0.2) is 43.8 Å². The van der Waals surface area contributed by atoms with Crippen LogP contribution in [-0.2, 0) is 9.63 Å². The minimum Gasteiger partial charge on any atom is -0.378 e. The lowest BCUT2D eigenvalue weighted by Crippen LogP contribution is -2.20. The predicted octanol–water partition coefficient (Wildman–Crippen LogP) is 7.89. The molecule has 0 amide bonds. The molecule has 0 fully saturated rings. The van der Waals surface area contributed by atoms with Gasteiger partial charge >= 0.3 is 11.8 Å². The van der Waals surface area contributed by atoms with Gasteiger partial charge in [-0.25, -0.2) is 4.79 Å². The van der Waals surface area contributed by atoms with Gasteiger partial charge in [-0.2, -0.15) is 15.0 Å². The maximum absolute atomic E-state index is 12.6. The SMILES string of the molecule is CN(C)c1ccc(/C=C/C2=CC(=C3/C(=O)ON=C3c3ccccc3)/CC(C)(C)C2)cc1.[C-]#[N+]C([N+]#[C-])=c1ccc(=C(C#N)C=CN(CC)CC)cc1. The number of carbonyl (C=O) groups excluding carboxylic acids is 1. The molecule has 8 heteroatoms. The number of nitrogens with zero attached hydrogens (tertiary/aromatic N) is 6.